The topological polar surface area (TPSA) is 111 Å². The highest BCUT2D eigenvalue weighted by molar-refractivity contribution is 7.93. The van der Waals surface area contributed by atoms with E-state index in [0.29, 0.717) is 37.4 Å². The summed E-state index contributed by atoms with van der Waals surface area (Å²) in [6.07, 6.45) is -4.82. The van der Waals surface area contributed by atoms with Gasteiger partial charge in [-0.1, -0.05) is 24.3 Å². The molecule has 1 aliphatic rings. The van der Waals surface area contributed by atoms with Crippen LogP contribution in [-0.2, 0) is 26.0 Å². The lowest BCUT2D eigenvalue weighted by atomic mass is 10.1. The molecule has 9 nitrogen and oxygen atoms in total. The molecule has 186 valence electrons. The number of ether oxygens (including phenoxy) is 2. The standard InChI is InChI=1S/C21H19F3N4O5S2/c22-21(23,24)33-16-5-1-14(2-6-16)15-3-7-17(8-4-15)35(30,31)27-20-25-18(26-34-20)13-19(29)28-9-11-32-12-10-28/h1-8H,9-13H2,(H,25,26,27). The van der Waals surface area contributed by atoms with E-state index in [4.69, 9.17) is 4.74 Å². The second-order valence-corrected chi connectivity index (χ2v) is 9.82. The van der Waals surface area contributed by atoms with Gasteiger partial charge >= 0.3 is 6.36 Å². The molecule has 4 rings (SSSR count). The normalized spacial score (nSPS) is 14.5. The average molecular weight is 529 g/mol. The molecule has 0 bridgehead atoms. The number of halogens is 3. The Balaban J connectivity index is 1.39. The molecule has 0 radical (unpaired) electrons. The van der Waals surface area contributed by atoms with Crippen molar-refractivity contribution < 1.29 is 35.9 Å². The van der Waals surface area contributed by atoms with Crippen LogP contribution in [0.2, 0.25) is 0 Å². The molecule has 1 N–H and O–H groups in total. The smallest absolute Gasteiger partial charge is 0.406 e. The molecule has 0 spiro atoms. The van der Waals surface area contributed by atoms with E-state index in [9.17, 15) is 26.4 Å². The summed E-state index contributed by atoms with van der Waals surface area (Å²) < 4.78 is 77.8. The molecule has 14 heteroatoms. The van der Waals surface area contributed by atoms with Crippen LogP contribution in [0.5, 0.6) is 5.75 Å². The quantitative estimate of drug-likeness (QED) is 0.501. The number of carbonyl (C=O) groups is 1. The molecule has 3 aromatic rings. The van der Waals surface area contributed by atoms with Crippen LogP contribution in [0.15, 0.2) is 53.4 Å². The summed E-state index contributed by atoms with van der Waals surface area (Å²) in [7, 11) is -3.97. The van der Waals surface area contributed by atoms with Crippen LogP contribution >= 0.6 is 11.5 Å². The van der Waals surface area contributed by atoms with Crippen molar-refractivity contribution in [2.24, 2.45) is 0 Å². The Morgan fingerprint density at radius 2 is 1.66 bits per heavy atom. The maximum atomic E-state index is 12.7. The molecule has 1 amide bonds. The number of morpholine rings is 1. The Labute approximate surface area is 202 Å². The van der Waals surface area contributed by atoms with Crippen LogP contribution in [-0.4, -0.2) is 61.2 Å². The predicted octanol–water partition coefficient (Wildman–Crippen LogP) is 3.31. The van der Waals surface area contributed by atoms with Crippen molar-refractivity contribution in [3.63, 3.8) is 0 Å². The van der Waals surface area contributed by atoms with Crippen molar-refractivity contribution in [1.29, 1.82) is 0 Å². The number of nitrogens with one attached hydrogen (secondary N) is 1. The van der Waals surface area contributed by atoms with E-state index in [1.807, 2.05) is 0 Å². The largest absolute Gasteiger partial charge is 0.573 e. The van der Waals surface area contributed by atoms with Gasteiger partial charge in [0.15, 0.2) is 5.82 Å². The highest BCUT2D eigenvalue weighted by Gasteiger charge is 2.31. The van der Waals surface area contributed by atoms with Gasteiger partial charge in [-0.3, -0.25) is 9.52 Å². The number of nitrogens with zero attached hydrogens (tertiary/aromatic N) is 3. The number of alkyl halides is 3. The van der Waals surface area contributed by atoms with Crippen molar-refractivity contribution in [2.45, 2.75) is 17.7 Å². The monoisotopic (exact) mass is 528 g/mol. The van der Waals surface area contributed by atoms with Gasteiger partial charge in [-0.05, 0) is 35.4 Å². The maximum Gasteiger partial charge on any atom is 0.573 e. The van der Waals surface area contributed by atoms with Gasteiger partial charge < -0.3 is 14.4 Å². The first kappa shape index (κ1) is 24.9. The van der Waals surface area contributed by atoms with Crippen molar-refractivity contribution in [3.8, 4) is 16.9 Å². The third-order valence-corrected chi connectivity index (χ3v) is 7.10. The van der Waals surface area contributed by atoms with E-state index in [0.717, 1.165) is 11.5 Å². The number of benzene rings is 2. The molecule has 1 fully saturated rings. The lowest BCUT2D eigenvalue weighted by Gasteiger charge is -2.26. The SMILES string of the molecule is O=C(Cc1nsc(NS(=O)(=O)c2ccc(-c3ccc(OC(F)(F)F)cc3)cc2)n1)N1CCOCC1. The lowest BCUT2D eigenvalue weighted by Crippen LogP contribution is -2.41. The van der Waals surface area contributed by atoms with E-state index in [1.54, 1.807) is 4.90 Å². The predicted molar refractivity (Wildman–Crippen MR) is 120 cm³/mol. The van der Waals surface area contributed by atoms with Crippen molar-refractivity contribution in [2.75, 3.05) is 31.0 Å². The Hall–Kier alpha value is -3.23. The first-order valence-corrected chi connectivity index (χ1v) is 12.5. The fraction of sp³-hybridized carbons (Fsp3) is 0.286. The Morgan fingerprint density at radius 1 is 1.06 bits per heavy atom. The van der Waals surface area contributed by atoms with E-state index >= 15 is 0 Å². The third kappa shape index (κ3) is 6.68. The zero-order chi connectivity index (χ0) is 25.1. The van der Waals surface area contributed by atoms with E-state index in [2.05, 4.69) is 18.8 Å². The Kier molecular flexibility index (Phi) is 7.23. The Bertz CT molecular complexity index is 1270. The first-order chi connectivity index (χ1) is 16.6. The molecule has 2 heterocycles. The van der Waals surface area contributed by atoms with Crippen molar-refractivity contribution >= 4 is 32.6 Å². The minimum absolute atomic E-state index is 0.0270. The van der Waals surface area contributed by atoms with Gasteiger partial charge in [-0.2, -0.15) is 4.37 Å². The third-order valence-electron chi connectivity index (χ3n) is 4.95. The first-order valence-electron chi connectivity index (χ1n) is 10.3. The second-order valence-electron chi connectivity index (χ2n) is 7.39. The summed E-state index contributed by atoms with van der Waals surface area (Å²) in [5, 5.41) is 0.0270. The van der Waals surface area contributed by atoms with Crippen LogP contribution in [0.25, 0.3) is 11.1 Å². The van der Waals surface area contributed by atoms with E-state index in [1.165, 1.54) is 48.5 Å². The van der Waals surface area contributed by atoms with Crippen molar-refractivity contribution in [1.82, 2.24) is 14.3 Å². The molecule has 0 unspecified atom stereocenters. The molecule has 1 saturated heterocycles. The highest BCUT2D eigenvalue weighted by Crippen LogP contribution is 2.27. The lowest BCUT2D eigenvalue weighted by molar-refractivity contribution is -0.274. The van der Waals surface area contributed by atoms with E-state index in [-0.39, 0.29) is 33.9 Å². The van der Waals surface area contributed by atoms with Crippen LogP contribution in [0.4, 0.5) is 18.3 Å². The molecule has 0 atom stereocenters. The second kappa shape index (κ2) is 10.2. The average Bonchev–Trinajstić information content (AvgIpc) is 3.25. The van der Waals surface area contributed by atoms with Gasteiger partial charge in [0.25, 0.3) is 10.0 Å². The van der Waals surface area contributed by atoms with Gasteiger partial charge in [-0.15, -0.1) is 13.2 Å². The number of hydrogen-bond acceptors (Lipinski definition) is 8. The highest BCUT2D eigenvalue weighted by atomic mass is 32.2. The summed E-state index contributed by atoms with van der Waals surface area (Å²) in [5.74, 6) is -0.292. The number of anilines is 1. The number of sulfonamides is 1. The molecular weight excluding hydrogens is 509 g/mol. The van der Waals surface area contributed by atoms with Gasteiger partial charge in [-0.25, -0.2) is 13.4 Å². The van der Waals surface area contributed by atoms with Gasteiger partial charge in [0, 0.05) is 24.6 Å². The van der Waals surface area contributed by atoms with Crippen molar-refractivity contribution in [3.05, 3.63) is 54.4 Å². The zero-order valence-corrected chi connectivity index (χ0v) is 19.6. The number of rotatable bonds is 7. The summed E-state index contributed by atoms with van der Waals surface area (Å²) in [6, 6.07) is 11.0. The fourth-order valence-corrected chi connectivity index (χ4v) is 5.09. The molecule has 0 saturated carbocycles. The fourth-order valence-electron chi connectivity index (χ4n) is 3.28. The van der Waals surface area contributed by atoms with Gasteiger partial charge in [0.2, 0.25) is 11.0 Å². The maximum absolute atomic E-state index is 12.7. The minimum Gasteiger partial charge on any atom is -0.406 e. The summed E-state index contributed by atoms with van der Waals surface area (Å²) in [5.41, 5.74) is 1.18. The number of amides is 1. The van der Waals surface area contributed by atoms with E-state index < -0.39 is 16.4 Å². The van der Waals surface area contributed by atoms with Crippen LogP contribution in [0.3, 0.4) is 0 Å². The Morgan fingerprint density at radius 3 is 2.26 bits per heavy atom. The van der Waals surface area contributed by atoms with Crippen LogP contribution < -0.4 is 9.46 Å². The molecule has 1 aromatic heterocycles. The molecule has 35 heavy (non-hydrogen) atoms. The summed E-state index contributed by atoms with van der Waals surface area (Å²) in [4.78, 5) is 18.0. The number of aromatic nitrogens is 2. The van der Waals surface area contributed by atoms with Crippen LogP contribution in [0.1, 0.15) is 5.82 Å². The summed E-state index contributed by atoms with van der Waals surface area (Å²) in [6.45, 7) is 1.92. The summed E-state index contributed by atoms with van der Waals surface area (Å²) >= 11 is 0.826. The van der Waals surface area contributed by atoms with Crippen LogP contribution in [0, 0.1) is 0 Å². The zero-order valence-electron chi connectivity index (χ0n) is 18.0. The molecule has 0 aliphatic carbocycles. The molecular formula is C21H19F3N4O5S2. The number of hydrogen-bond donors (Lipinski definition) is 1. The number of carbonyl (C=O) groups excluding carboxylic acids is 1. The minimum atomic E-state index is -4.78. The van der Waals surface area contributed by atoms with Gasteiger partial charge in [0.05, 0.1) is 24.5 Å². The van der Waals surface area contributed by atoms with Gasteiger partial charge in [0.1, 0.15) is 5.75 Å². The molecule has 2 aromatic carbocycles. The molecule has 1 aliphatic heterocycles.